The van der Waals surface area contributed by atoms with Gasteiger partial charge in [0.15, 0.2) is 0 Å². The van der Waals surface area contributed by atoms with Gasteiger partial charge in [-0.1, -0.05) is 22.9 Å². The van der Waals surface area contributed by atoms with Crippen molar-refractivity contribution in [3.05, 3.63) is 34.3 Å². The third kappa shape index (κ3) is 4.08. The van der Waals surface area contributed by atoms with E-state index < -0.39 is 0 Å². The Kier molecular flexibility index (Phi) is 5.97. The summed E-state index contributed by atoms with van der Waals surface area (Å²) in [5, 5.41) is 2.90. The first-order valence-electron chi connectivity index (χ1n) is 7.57. The van der Waals surface area contributed by atoms with Gasteiger partial charge in [0.05, 0.1) is 0 Å². The Morgan fingerprint density at radius 2 is 2.09 bits per heavy atom. The van der Waals surface area contributed by atoms with Crippen LogP contribution in [0.5, 0.6) is 0 Å². The molecule has 2 unspecified atom stereocenters. The molecular formula is C16H22BrN3O2. The SMILES string of the molecule is CC(CN)CNC(=O)C1CCCN1C(=O)c1ccc(Br)cc1. The van der Waals surface area contributed by atoms with Crippen LogP contribution < -0.4 is 11.1 Å². The van der Waals surface area contributed by atoms with Crippen molar-refractivity contribution in [1.82, 2.24) is 10.2 Å². The molecule has 2 amide bonds. The lowest BCUT2D eigenvalue weighted by molar-refractivity contribution is -0.125. The molecule has 1 fully saturated rings. The zero-order chi connectivity index (χ0) is 16.1. The molecule has 1 aliphatic rings. The molecule has 0 aliphatic carbocycles. The summed E-state index contributed by atoms with van der Waals surface area (Å²) in [6.45, 7) is 3.69. The van der Waals surface area contributed by atoms with E-state index >= 15 is 0 Å². The molecule has 6 heteroatoms. The number of halogens is 1. The van der Waals surface area contributed by atoms with E-state index in [-0.39, 0.29) is 23.8 Å². The summed E-state index contributed by atoms with van der Waals surface area (Å²) in [6, 6.07) is 6.84. The van der Waals surface area contributed by atoms with Gasteiger partial charge in [-0.05, 0) is 49.6 Å². The van der Waals surface area contributed by atoms with E-state index in [4.69, 9.17) is 5.73 Å². The minimum absolute atomic E-state index is 0.0803. The van der Waals surface area contributed by atoms with E-state index in [0.717, 1.165) is 10.9 Å². The Bertz CT molecular complexity index is 533. The highest BCUT2D eigenvalue weighted by molar-refractivity contribution is 9.10. The molecule has 3 N–H and O–H groups in total. The standard InChI is InChI=1S/C16H22BrN3O2/c1-11(9-18)10-19-15(21)14-3-2-8-20(14)16(22)12-4-6-13(17)7-5-12/h4-7,11,14H,2-3,8-10,18H2,1H3,(H,19,21). The third-order valence-electron chi connectivity index (χ3n) is 3.93. The van der Waals surface area contributed by atoms with Crippen LogP contribution in [0, 0.1) is 5.92 Å². The predicted octanol–water partition coefficient (Wildman–Crippen LogP) is 1.76. The van der Waals surface area contributed by atoms with Crippen molar-refractivity contribution in [2.75, 3.05) is 19.6 Å². The van der Waals surface area contributed by atoms with Crippen molar-refractivity contribution < 1.29 is 9.59 Å². The first-order valence-corrected chi connectivity index (χ1v) is 8.36. The number of carbonyl (C=O) groups excluding carboxylic acids is 2. The highest BCUT2D eigenvalue weighted by Gasteiger charge is 2.34. The van der Waals surface area contributed by atoms with E-state index in [9.17, 15) is 9.59 Å². The summed E-state index contributed by atoms with van der Waals surface area (Å²) < 4.78 is 0.926. The van der Waals surface area contributed by atoms with Gasteiger partial charge in [-0.3, -0.25) is 9.59 Å². The van der Waals surface area contributed by atoms with Gasteiger partial charge >= 0.3 is 0 Å². The van der Waals surface area contributed by atoms with Crippen molar-refractivity contribution in [3.8, 4) is 0 Å². The van der Waals surface area contributed by atoms with Crippen molar-refractivity contribution in [1.29, 1.82) is 0 Å². The second-order valence-electron chi connectivity index (χ2n) is 5.75. The van der Waals surface area contributed by atoms with Crippen molar-refractivity contribution in [2.24, 2.45) is 11.7 Å². The van der Waals surface area contributed by atoms with E-state index in [0.29, 0.717) is 31.6 Å². The number of likely N-dealkylation sites (tertiary alicyclic amines) is 1. The number of nitrogens with zero attached hydrogens (tertiary/aromatic N) is 1. The zero-order valence-corrected chi connectivity index (χ0v) is 14.3. The first kappa shape index (κ1) is 17.0. The van der Waals surface area contributed by atoms with Crippen LogP contribution in [0.3, 0.4) is 0 Å². The largest absolute Gasteiger partial charge is 0.354 e. The summed E-state index contributed by atoms with van der Waals surface area (Å²) in [6.07, 6.45) is 1.57. The molecule has 0 radical (unpaired) electrons. The molecule has 0 aromatic heterocycles. The van der Waals surface area contributed by atoms with Gasteiger partial charge < -0.3 is 16.0 Å². The minimum atomic E-state index is -0.374. The van der Waals surface area contributed by atoms with Gasteiger partial charge in [0.1, 0.15) is 6.04 Å². The second-order valence-corrected chi connectivity index (χ2v) is 6.67. The molecule has 1 heterocycles. The number of carbonyl (C=O) groups is 2. The van der Waals surface area contributed by atoms with Crippen molar-refractivity contribution in [2.45, 2.75) is 25.8 Å². The predicted molar refractivity (Wildman–Crippen MR) is 89.4 cm³/mol. The minimum Gasteiger partial charge on any atom is -0.354 e. The van der Waals surface area contributed by atoms with Gasteiger partial charge in [-0.2, -0.15) is 0 Å². The molecule has 1 aromatic rings. The topological polar surface area (TPSA) is 75.4 Å². The number of amides is 2. The Labute approximate surface area is 139 Å². The van der Waals surface area contributed by atoms with Crippen LogP contribution in [0.25, 0.3) is 0 Å². The molecule has 120 valence electrons. The zero-order valence-electron chi connectivity index (χ0n) is 12.7. The molecular weight excluding hydrogens is 346 g/mol. The van der Waals surface area contributed by atoms with Crippen LogP contribution in [-0.2, 0) is 4.79 Å². The summed E-state index contributed by atoms with van der Waals surface area (Å²) in [5.74, 6) is 0.0706. The number of hydrogen-bond acceptors (Lipinski definition) is 3. The number of nitrogens with two attached hydrogens (primary N) is 1. The number of benzene rings is 1. The van der Waals surface area contributed by atoms with Gasteiger partial charge in [0.2, 0.25) is 5.91 Å². The maximum absolute atomic E-state index is 12.6. The van der Waals surface area contributed by atoms with E-state index in [1.165, 1.54) is 0 Å². The summed E-state index contributed by atoms with van der Waals surface area (Å²) in [4.78, 5) is 26.6. The molecule has 5 nitrogen and oxygen atoms in total. The van der Waals surface area contributed by atoms with E-state index in [1.807, 2.05) is 19.1 Å². The summed E-state index contributed by atoms with van der Waals surface area (Å²) in [5.41, 5.74) is 6.17. The van der Waals surface area contributed by atoms with E-state index in [1.54, 1.807) is 17.0 Å². The maximum atomic E-state index is 12.6. The number of nitrogens with one attached hydrogen (secondary N) is 1. The molecule has 0 bridgehead atoms. The van der Waals surface area contributed by atoms with Crippen LogP contribution in [0.4, 0.5) is 0 Å². The van der Waals surface area contributed by atoms with Crippen LogP contribution in [0.15, 0.2) is 28.7 Å². The lowest BCUT2D eigenvalue weighted by Crippen LogP contribution is -2.47. The smallest absolute Gasteiger partial charge is 0.254 e. The number of rotatable bonds is 5. The quantitative estimate of drug-likeness (QED) is 0.832. The monoisotopic (exact) mass is 367 g/mol. The average molecular weight is 368 g/mol. The molecule has 1 aromatic carbocycles. The van der Waals surface area contributed by atoms with Crippen LogP contribution in [0.2, 0.25) is 0 Å². The summed E-state index contributed by atoms with van der Waals surface area (Å²) >= 11 is 3.35. The molecule has 2 atom stereocenters. The number of hydrogen-bond donors (Lipinski definition) is 2. The fraction of sp³-hybridized carbons (Fsp3) is 0.500. The molecule has 0 spiro atoms. The maximum Gasteiger partial charge on any atom is 0.254 e. The highest BCUT2D eigenvalue weighted by Crippen LogP contribution is 2.21. The van der Waals surface area contributed by atoms with Gasteiger partial charge in [-0.25, -0.2) is 0 Å². The van der Waals surface area contributed by atoms with Crippen LogP contribution >= 0.6 is 15.9 Å². The fourth-order valence-electron chi connectivity index (χ4n) is 2.52. The molecule has 0 saturated carbocycles. The van der Waals surface area contributed by atoms with Gasteiger partial charge in [-0.15, -0.1) is 0 Å². The Morgan fingerprint density at radius 1 is 1.41 bits per heavy atom. The fourth-order valence-corrected chi connectivity index (χ4v) is 2.78. The van der Waals surface area contributed by atoms with Crippen molar-refractivity contribution >= 4 is 27.7 Å². The van der Waals surface area contributed by atoms with Gasteiger partial charge in [0.25, 0.3) is 5.91 Å². The Balaban J connectivity index is 2.02. The highest BCUT2D eigenvalue weighted by atomic mass is 79.9. The lowest BCUT2D eigenvalue weighted by atomic mass is 10.1. The van der Waals surface area contributed by atoms with E-state index in [2.05, 4.69) is 21.2 Å². The Hall–Kier alpha value is -1.40. The Morgan fingerprint density at radius 3 is 2.73 bits per heavy atom. The lowest BCUT2D eigenvalue weighted by Gasteiger charge is -2.24. The van der Waals surface area contributed by atoms with Crippen LogP contribution in [0.1, 0.15) is 30.1 Å². The first-order chi connectivity index (χ1) is 10.5. The molecule has 22 heavy (non-hydrogen) atoms. The van der Waals surface area contributed by atoms with Crippen molar-refractivity contribution in [3.63, 3.8) is 0 Å². The average Bonchev–Trinajstić information content (AvgIpc) is 3.01. The second kappa shape index (κ2) is 7.74. The molecule has 1 saturated heterocycles. The third-order valence-corrected chi connectivity index (χ3v) is 4.46. The molecule has 2 rings (SSSR count). The normalized spacial score (nSPS) is 19.0. The van der Waals surface area contributed by atoms with Gasteiger partial charge in [0, 0.05) is 23.1 Å². The molecule has 1 aliphatic heterocycles. The van der Waals surface area contributed by atoms with Crippen LogP contribution in [-0.4, -0.2) is 42.4 Å². The summed E-state index contributed by atoms with van der Waals surface area (Å²) in [7, 11) is 0.